The molecule has 114 valence electrons. The molecule has 3 nitrogen and oxygen atoms in total. The lowest BCUT2D eigenvalue weighted by molar-refractivity contribution is 0.0942. The Kier molecular flexibility index (Phi) is 5.78. The molecule has 0 heterocycles. The summed E-state index contributed by atoms with van der Waals surface area (Å²) in [6.45, 7) is 3.85. The molecule has 0 aliphatic rings. The van der Waals surface area contributed by atoms with Crippen LogP contribution in [0.25, 0.3) is 0 Å². The quantitative estimate of drug-likeness (QED) is 0.652. The van der Waals surface area contributed by atoms with E-state index in [9.17, 15) is 9.59 Å². The lowest BCUT2D eigenvalue weighted by atomic mass is 10.2. The van der Waals surface area contributed by atoms with Crippen molar-refractivity contribution in [1.29, 1.82) is 0 Å². The molecule has 0 bridgehead atoms. The number of benzene rings is 2. The van der Waals surface area contributed by atoms with Crippen LogP contribution in [-0.2, 0) is 0 Å². The minimum absolute atomic E-state index is 0.0858. The van der Waals surface area contributed by atoms with Gasteiger partial charge in [-0.25, -0.2) is 0 Å². The van der Waals surface area contributed by atoms with Gasteiger partial charge in [-0.3, -0.25) is 9.59 Å². The van der Waals surface area contributed by atoms with Crippen LogP contribution in [0.4, 0.5) is 0 Å². The number of hydrogen-bond acceptors (Lipinski definition) is 3. The fourth-order valence-electron chi connectivity index (χ4n) is 1.93. The Balaban J connectivity index is 1.99. The van der Waals surface area contributed by atoms with Crippen LogP contribution in [0.5, 0.6) is 0 Å². The predicted octanol–water partition coefficient (Wildman–Crippen LogP) is 3.80. The second-order valence-electron chi connectivity index (χ2n) is 5.23. The van der Waals surface area contributed by atoms with Crippen LogP contribution in [0.1, 0.15) is 34.6 Å². The van der Waals surface area contributed by atoms with Gasteiger partial charge in [0.1, 0.15) is 0 Å². The summed E-state index contributed by atoms with van der Waals surface area (Å²) in [4.78, 5) is 25.0. The van der Waals surface area contributed by atoms with Gasteiger partial charge in [0.15, 0.2) is 5.78 Å². The van der Waals surface area contributed by atoms with E-state index in [0.717, 1.165) is 4.90 Å². The van der Waals surface area contributed by atoms with E-state index in [4.69, 9.17) is 0 Å². The highest BCUT2D eigenvalue weighted by atomic mass is 32.2. The molecule has 1 amide bonds. The molecule has 0 fully saturated rings. The van der Waals surface area contributed by atoms with Crippen molar-refractivity contribution in [2.24, 2.45) is 0 Å². The fraction of sp³-hybridized carbons (Fsp3) is 0.222. The van der Waals surface area contributed by atoms with Gasteiger partial charge in [0.05, 0.1) is 5.75 Å². The average Bonchev–Trinajstić information content (AvgIpc) is 2.53. The highest BCUT2D eigenvalue weighted by molar-refractivity contribution is 8.00. The molecule has 0 spiro atoms. The van der Waals surface area contributed by atoms with Crippen molar-refractivity contribution < 1.29 is 9.59 Å². The third-order valence-corrected chi connectivity index (χ3v) is 3.98. The summed E-state index contributed by atoms with van der Waals surface area (Å²) in [5.41, 5.74) is 1.33. The summed E-state index contributed by atoms with van der Waals surface area (Å²) >= 11 is 1.44. The van der Waals surface area contributed by atoms with Crippen LogP contribution in [0, 0.1) is 0 Å². The normalized spacial score (nSPS) is 10.5. The standard InChI is InChI=1S/C18H19NO2S/c1-13(2)19-18(21)15-9-6-10-16(11-15)22-12-17(20)14-7-4-3-5-8-14/h3-11,13H,12H2,1-2H3,(H,19,21). The summed E-state index contributed by atoms with van der Waals surface area (Å²) in [6, 6.07) is 16.7. The molecule has 0 radical (unpaired) electrons. The molecule has 1 N–H and O–H groups in total. The van der Waals surface area contributed by atoms with Crippen molar-refractivity contribution in [2.45, 2.75) is 24.8 Å². The third-order valence-electron chi connectivity index (χ3n) is 2.98. The molecule has 0 atom stereocenters. The Morgan fingerprint density at radius 3 is 2.36 bits per heavy atom. The van der Waals surface area contributed by atoms with E-state index in [1.807, 2.05) is 62.4 Å². The summed E-state index contributed by atoms with van der Waals surface area (Å²) in [6.07, 6.45) is 0. The maximum Gasteiger partial charge on any atom is 0.251 e. The highest BCUT2D eigenvalue weighted by Crippen LogP contribution is 2.20. The first kappa shape index (κ1) is 16.3. The maximum atomic E-state index is 12.1. The van der Waals surface area contributed by atoms with Crippen molar-refractivity contribution in [1.82, 2.24) is 5.32 Å². The van der Waals surface area contributed by atoms with E-state index in [-0.39, 0.29) is 17.7 Å². The first-order valence-corrected chi connectivity index (χ1v) is 8.17. The third kappa shape index (κ3) is 4.74. The number of rotatable bonds is 6. The van der Waals surface area contributed by atoms with Gasteiger partial charge in [0, 0.05) is 22.1 Å². The lowest BCUT2D eigenvalue weighted by Crippen LogP contribution is -2.30. The highest BCUT2D eigenvalue weighted by Gasteiger charge is 2.09. The monoisotopic (exact) mass is 313 g/mol. The van der Waals surface area contributed by atoms with Gasteiger partial charge in [-0.2, -0.15) is 0 Å². The second-order valence-corrected chi connectivity index (χ2v) is 6.28. The molecule has 0 aliphatic heterocycles. The van der Waals surface area contributed by atoms with Crippen LogP contribution in [0.3, 0.4) is 0 Å². The average molecular weight is 313 g/mol. The largest absolute Gasteiger partial charge is 0.350 e. The molecule has 22 heavy (non-hydrogen) atoms. The zero-order valence-corrected chi connectivity index (χ0v) is 13.5. The predicted molar refractivity (Wildman–Crippen MR) is 90.5 cm³/mol. The number of thioether (sulfide) groups is 1. The van der Waals surface area contributed by atoms with Gasteiger partial charge in [-0.15, -0.1) is 11.8 Å². The first-order chi connectivity index (χ1) is 10.6. The number of nitrogens with one attached hydrogen (secondary N) is 1. The summed E-state index contributed by atoms with van der Waals surface area (Å²) in [5.74, 6) is 0.355. The van der Waals surface area contributed by atoms with Crippen molar-refractivity contribution >= 4 is 23.5 Å². The van der Waals surface area contributed by atoms with Crippen molar-refractivity contribution in [3.63, 3.8) is 0 Å². The van der Waals surface area contributed by atoms with Crippen LogP contribution in [-0.4, -0.2) is 23.5 Å². The van der Waals surface area contributed by atoms with Gasteiger partial charge in [0.2, 0.25) is 0 Å². The van der Waals surface area contributed by atoms with E-state index in [1.54, 1.807) is 6.07 Å². The first-order valence-electron chi connectivity index (χ1n) is 7.18. The molecule has 4 heteroatoms. The van der Waals surface area contributed by atoms with E-state index in [1.165, 1.54) is 11.8 Å². The van der Waals surface area contributed by atoms with Crippen LogP contribution in [0.2, 0.25) is 0 Å². The van der Waals surface area contributed by atoms with E-state index < -0.39 is 0 Å². The van der Waals surface area contributed by atoms with Gasteiger partial charge in [-0.05, 0) is 32.0 Å². The minimum Gasteiger partial charge on any atom is -0.350 e. The van der Waals surface area contributed by atoms with Gasteiger partial charge in [-0.1, -0.05) is 36.4 Å². The van der Waals surface area contributed by atoms with Crippen LogP contribution >= 0.6 is 11.8 Å². The zero-order chi connectivity index (χ0) is 15.9. The van der Waals surface area contributed by atoms with Gasteiger partial charge >= 0.3 is 0 Å². The maximum absolute atomic E-state index is 12.1. The number of hydrogen-bond donors (Lipinski definition) is 1. The fourth-order valence-corrected chi connectivity index (χ4v) is 2.78. The molecule has 0 saturated carbocycles. The minimum atomic E-state index is -0.0909. The molecule has 0 aliphatic carbocycles. The number of carbonyl (C=O) groups is 2. The molecule has 0 aromatic heterocycles. The summed E-state index contributed by atoms with van der Waals surface area (Å²) < 4.78 is 0. The van der Waals surface area contributed by atoms with Crippen LogP contribution in [0.15, 0.2) is 59.5 Å². The number of Topliss-reactive ketones (excluding diaryl/α,β-unsaturated/α-hetero) is 1. The topological polar surface area (TPSA) is 46.2 Å². The lowest BCUT2D eigenvalue weighted by Gasteiger charge is -2.09. The molecular weight excluding hydrogens is 294 g/mol. The van der Waals surface area contributed by atoms with Gasteiger partial charge in [0.25, 0.3) is 5.91 Å². The van der Waals surface area contributed by atoms with Gasteiger partial charge < -0.3 is 5.32 Å². The second kappa shape index (κ2) is 7.80. The van der Waals surface area contributed by atoms with Crippen molar-refractivity contribution in [3.05, 3.63) is 65.7 Å². The smallest absolute Gasteiger partial charge is 0.251 e. The van der Waals surface area contributed by atoms with E-state index in [2.05, 4.69) is 5.32 Å². The van der Waals surface area contributed by atoms with Crippen molar-refractivity contribution in [2.75, 3.05) is 5.75 Å². The number of carbonyl (C=O) groups excluding carboxylic acids is 2. The summed E-state index contributed by atoms with van der Waals surface area (Å²) in [7, 11) is 0. The molecular formula is C18H19NO2S. The number of amides is 1. The number of ketones is 1. The van der Waals surface area contributed by atoms with E-state index in [0.29, 0.717) is 16.9 Å². The Hall–Kier alpha value is -2.07. The SMILES string of the molecule is CC(C)NC(=O)c1cccc(SCC(=O)c2ccccc2)c1. The zero-order valence-electron chi connectivity index (χ0n) is 12.7. The summed E-state index contributed by atoms with van der Waals surface area (Å²) in [5, 5.41) is 2.86. The van der Waals surface area contributed by atoms with E-state index >= 15 is 0 Å². The molecule has 0 unspecified atom stereocenters. The molecule has 0 saturated heterocycles. The molecule has 2 aromatic rings. The Morgan fingerprint density at radius 1 is 1.00 bits per heavy atom. The Bertz CT molecular complexity index is 653. The molecule has 2 aromatic carbocycles. The Morgan fingerprint density at radius 2 is 1.68 bits per heavy atom. The van der Waals surface area contributed by atoms with Crippen LogP contribution < -0.4 is 5.32 Å². The van der Waals surface area contributed by atoms with Crippen molar-refractivity contribution in [3.8, 4) is 0 Å². The Labute approximate surface area is 135 Å². The molecule has 2 rings (SSSR count).